The number of hydrogen-bond donors (Lipinski definition) is 2. The molecule has 0 fully saturated rings. The Kier molecular flexibility index (Phi) is 6.54. The van der Waals surface area contributed by atoms with Crippen LogP contribution in [0.15, 0.2) is 48.5 Å². The van der Waals surface area contributed by atoms with E-state index in [2.05, 4.69) is 46.6 Å². The Morgan fingerprint density at radius 2 is 1.69 bits per heavy atom. The van der Waals surface area contributed by atoms with Crippen molar-refractivity contribution in [3.63, 3.8) is 0 Å². The summed E-state index contributed by atoms with van der Waals surface area (Å²) < 4.78 is 10.7. The fourth-order valence-electron chi connectivity index (χ4n) is 3.13. The highest BCUT2D eigenvalue weighted by molar-refractivity contribution is 5.60. The van der Waals surface area contributed by atoms with Crippen LogP contribution in [0.1, 0.15) is 36.6 Å². The topological polar surface area (TPSA) is 68.3 Å². The maximum Gasteiger partial charge on any atom is 0.229 e. The Morgan fingerprint density at radius 1 is 0.931 bits per heavy atom. The number of nitrogens with one attached hydrogen (secondary N) is 2. The van der Waals surface area contributed by atoms with Crippen molar-refractivity contribution >= 4 is 17.5 Å². The Balaban J connectivity index is 1.76. The molecule has 0 bridgehead atoms. The number of aromatic nitrogens is 2. The maximum absolute atomic E-state index is 5.38. The van der Waals surface area contributed by atoms with Gasteiger partial charge in [0.2, 0.25) is 5.95 Å². The van der Waals surface area contributed by atoms with Crippen LogP contribution < -0.4 is 20.1 Å². The molecule has 0 unspecified atom stereocenters. The number of hydrogen-bond acceptors (Lipinski definition) is 6. The zero-order valence-electron chi connectivity index (χ0n) is 17.6. The molecule has 1 aromatic heterocycles. The van der Waals surface area contributed by atoms with E-state index in [-0.39, 0.29) is 0 Å². The second kappa shape index (κ2) is 9.28. The van der Waals surface area contributed by atoms with Crippen molar-refractivity contribution in [1.82, 2.24) is 9.97 Å². The number of nitrogens with zero attached hydrogens (tertiary/aromatic N) is 2. The van der Waals surface area contributed by atoms with Crippen LogP contribution >= 0.6 is 0 Å². The number of para-hydroxylation sites is 1. The van der Waals surface area contributed by atoms with Crippen molar-refractivity contribution in [2.45, 2.75) is 33.2 Å². The molecule has 1 heterocycles. The summed E-state index contributed by atoms with van der Waals surface area (Å²) in [5.74, 6) is 3.17. The van der Waals surface area contributed by atoms with E-state index >= 15 is 0 Å². The molecule has 0 spiro atoms. The predicted octanol–water partition coefficient (Wildman–Crippen LogP) is 5.28. The molecule has 6 nitrogen and oxygen atoms in total. The van der Waals surface area contributed by atoms with Gasteiger partial charge >= 0.3 is 0 Å². The average molecular weight is 393 g/mol. The summed E-state index contributed by atoms with van der Waals surface area (Å²) in [7, 11) is 3.27. The molecule has 0 aliphatic heterocycles. The molecule has 3 rings (SSSR count). The van der Waals surface area contributed by atoms with Gasteiger partial charge in [0.15, 0.2) is 11.5 Å². The van der Waals surface area contributed by atoms with E-state index in [4.69, 9.17) is 9.47 Å². The van der Waals surface area contributed by atoms with Gasteiger partial charge in [-0.25, -0.2) is 4.98 Å². The second-order valence-electron chi connectivity index (χ2n) is 7.13. The van der Waals surface area contributed by atoms with Crippen LogP contribution in [0.2, 0.25) is 0 Å². The summed E-state index contributed by atoms with van der Waals surface area (Å²) in [6, 6.07) is 16.0. The number of anilines is 3. The molecule has 0 radical (unpaired) electrons. The Hall–Kier alpha value is -3.28. The van der Waals surface area contributed by atoms with Gasteiger partial charge in [-0.1, -0.05) is 38.1 Å². The molecule has 0 amide bonds. The number of aryl methyl sites for hydroxylation is 1. The van der Waals surface area contributed by atoms with Crippen LogP contribution in [0.4, 0.5) is 17.5 Å². The molecule has 0 aliphatic carbocycles. The highest BCUT2D eigenvalue weighted by Crippen LogP contribution is 2.28. The van der Waals surface area contributed by atoms with Gasteiger partial charge in [0.05, 0.1) is 14.2 Å². The SMILES string of the molecule is COc1ccc(CNc2cc(C)nc(Nc3ccccc3C(C)C)n2)cc1OC. The molecule has 3 aromatic rings. The minimum atomic E-state index is 0.408. The summed E-state index contributed by atoms with van der Waals surface area (Å²) in [6.45, 7) is 6.92. The van der Waals surface area contributed by atoms with Crippen LogP contribution in [0, 0.1) is 6.92 Å². The highest BCUT2D eigenvalue weighted by atomic mass is 16.5. The van der Waals surface area contributed by atoms with E-state index in [0.29, 0.717) is 29.9 Å². The molecule has 29 heavy (non-hydrogen) atoms. The van der Waals surface area contributed by atoms with Crippen LogP contribution in [-0.4, -0.2) is 24.2 Å². The quantitative estimate of drug-likeness (QED) is 0.543. The van der Waals surface area contributed by atoms with Crippen molar-refractivity contribution in [1.29, 1.82) is 0 Å². The van der Waals surface area contributed by atoms with Gasteiger partial charge in [0, 0.05) is 24.0 Å². The summed E-state index contributed by atoms with van der Waals surface area (Å²) in [6.07, 6.45) is 0. The molecule has 0 aliphatic rings. The molecule has 2 N–H and O–H groups in total. The minimum absolute atomic E-state index is 0.408. The lowest BCUT2D eigenvalue weighted by Crippen LogP contribution is -2.07. The first kappa shape index (κ1) is 20.5. The molecule has 0 saturated heterocycles. The molecule has 2 aromatic carbocycles. The predicted molar refractivity (Wildman–Crippen MR) is 117 cm³/mol. The number of methoxy groups -OCH3 is 2. The van der Waals surface area contributed by atoms with Crippen molar-refractivity contribution in [2.24, 2.45) is 0 Å². The molecular weight excluding hydrogens is 364 g/mol. The largest absolute Gasteiger partial charge is 0.493 e. The smallest absolute Gasteiger partial charge is 0.229 e. The summed E-state index contributed by atoms with van der Waals surface area (Å²) in [4.78, 5) is 9.17. The molecule has 0 atom stereocenters. The Bertz CT molecular complexity index is 973. The van der Waals surface area contributed by atoms with E-state index < -0.39 is 0 Å². The first-order valence-electron chi connectivity index (χ1n) is 9.66. The van der Waals surface area contributed by atoms with Gasteiger partial charge in [0.1, 0.15) is 5.82 Å². The third-order valence-electron chi connectivity index (χ3n) is 4.61. The third-order valence-corrected chi connectivity index (χ3v) is 4.61. The fraction of sp³-hybridized carbons (Fsp3) is 0.304. The van der Waals surface area contributed by atoms with Gasteiger partial charge in [0.25, 0.3) is 0 Å². The summed E-state index contributed by atoms with van der Waals surface area (Å²) in [5.41, 5.74) is 4.22. The van der Waals surface area contributed by atoms with Crippen LogP contribution in [0.5, 0.6) is 11.5 Å². The Labute approximate surface area is 172 Å². The van der Waals surface area contributed by atoms with E-state index in [1.54, 1.807) is 14.2 Å². The number of ether oxygens (including phenoxy) is 2. The normalized spacial score (nSPS) is 10.7. The molecule has 152 valence electrons. The second-order valence-corrected chi connectivity index (χ2v) is 7.13. The van der Waals surface area contributed by atoms with Gasteiger partial charge in [-0.05, 0) is 42.2 Å². The van der Waals surface area contributed by atoms with Crippen molar-refractivity contribution in [3.8, 4) is 11.5 Å². The average Bonchev–Trinajstić information content (AvgIpc) is 2.72. The van der Waals surface area contributed by atoms with Gasteiger partial charge in [-0.3, -0.25) is 0 Å². The van der Waals surface area contributed by atoms with Gasteiger partial charge in [-0.15, -0.1) is 0 Å². The lowest BCUT2D eigenvalue weighted by Gasteiger charge is -2.15. The highest BCUT2D eigenvalue weighted by Gasteiger charge is 2.09. The lowest BCUT2D eigenvalue weighted by molar-refractivity contribution is 0.354. The zero-order chi connectivity index (χ0) is 20.8. The van der Waals surface area contributed by atoms with E-state index in [1.807, 2.05) is 43.3 Å². The van der Waals surface area contributed by atoms with Gasteiger partial charge < -0.3 is 20.1 Å². The molecule has 0 saturated carbocycles. The summed E-state index contributed by atoms with van der Waals surface area (Å²) >= 11 is 0. The minimum Gasteiger partial charge on any atom is -0.493 e. The van der Waals surface area contributed by atoms with E-state index in [0.717, 1.165) is 22.8 Å². The van der Waals surface area contributed by atoms with Gasteiger partial charge in [-0.2, -0.15) is 4.98 Å². The van der Waals surface area contributed by atoms with Crippen LogP contribution in [0.25, 0.3) is 0 Å². The Morgan fingerprint density at radius 3 is 2.41 bits per heavy atom. The standard InChI is InChI=1S/C23H28N4O2/c1-15(2)18-8-6-7-9-19(18)26-23-25-16(3)12-22(27-23)24-14-17-10-11-20(28-4)21(13-17)29-5/h6-13,15H,14H2,1-5H3,(H2,24,25,26,27). The number of rotatable bonds is 8. The molecular formula is C23H28N4O2. The lowest BCUT2D eigenvalue weighted by atomic mass is 10.0. The summed E-state index contributed by atoms with van der Waals surface area (Å²) in [5, 5.41) is 6.73. The van der Waals surface area contributed by atoms with E-state index in [1.165, 1.54) is 5.56 Å². The van der Waals surface area contributed by atoms with Crippen LogP contribution in [0.3, 0.4) is 0 Å². The maximum atomic E-state index is 5.38. The van der Waals surface area contributed by atoms with Crippen molar-refractivity contribution in [3.05, 3.63) is 65.4 Å². The third kappa shape index (κ3) is 5.16. The van der Waals surface area contributed by atoms with Crippen molar-refractivity contribution < 1.29 is 9.47 Å². The fourth-order valence-corrected chi connectivity index (χ4v) is 3.13. The van der Waals surface area contributed by atoms with Crippen LogP contribution in [-0.2, 0) is 6.54 Å². The zero-order valence-corrected chi connectivity index (χ0v) is 17.6. The van der Waals surface area contributed by atoms with Crippen molar-refractivity contribution in [2.75, 3.05) is 24.9 Å². The first-order chi connectivity index (χ1) is 14.0. The molecule has 6 heteroatoms. The van der Waals surface area contributed by atoms with E-state index in [9.17, 15) is 0 Å². The first-order valence-corrected chi connectivity index (χ1v) is 9.66. The number of benzene rings is 2. The monoisotopic (exact) mass is 392 g/mol.